The number of alkyl halides is 3. The van der Waals surface area contributed by atoms with Crippen molar-refractivity contribution in [3.8, 4) is 0 Å². The van der Waals surface area contributed by atoms with E-state index in [0.29, 0.717) is 16.7 Å². The third-order valence-electron chi connectivity index (χ3n) is 3.06. The van der Waals surface area contributed by atoms with Crippen LogP contribution in [0.1, 0.15) is 11.3 Å². The second kappa shape index (κ2) is 5.14. The maximum atomic E-state index is 12.5. The Balaban J connectivity index is 1.92. The monoisotopic (exact) mass is 355 g/mol. The molecule has 0 unspecified atom stereocenters. The molecule has 2 heterocycles. The lowest BCUT2D eigenvalue weighted by atomic mass is 10.2. The Labute approximate surface area is 126 Å². The predicted octanol–water partition coefficient (Wildman–Crippen LogP) is 4.26. The molecule has 2 aromatic heterocycles. The van der Waals surface area contributed by atoms with Gasteiger partial charge in [0.15, 0.2) is 0 Å². The van der Waals surface area contributed by atoms with E-state index >= 15 is 0 Å². The minimum absolute atomic E-state index is 0.358. The van der Waals surface area contributed by atoms with Crippen LogP contribution in [-0.2, 0) is 12.7 Å². The summed E-state index contributed by atoms with van der Waals surface area (Å²) in [4.78, 5) is 3.46. The Morgan fingerprint density at radius 2 is 1.86 bits per heavy atom. The Bertz CT molecular complexity index is 778. The van der Waals surface area contributed by atoms with Crippen molar-refractivity contribution in [1.29, 1.82) is 0 Å². The third-order valence-corrected chi connectivity index (χ3v) is 3.65. The minimum atomic E-state index is -4.42. The fraction of sp³-hybridized carbons (Fsp3) is 0.143. The van der Waals surface area contributed by atoms with E-state index in [2.05, 4.69) is 26.0 Å². The second-order valence-electron chi connectivity index (χ2n) is 4.52. The van der Waals surface area contributed by atoms with Crippen molar-refractivity contribution >= 4 is 26.8 Å². The van der Waals surface area contributed by atoms with Gasteiger partial charge in [-0.15, -0.1) is 0 Å². The highest BCUT2D eigenvalue weighted by atomic mass is 79.9. The molecular formula is C14H9BrF3N3. The van der Waals surface area contributed by atoms with Crippen LogP contribution in [0.15, 0.2) is 47.2 Å². The molecule has 0 aliphatic carbocycles. The molecule has 108 valence electrons. The van der Waals surface area contributed by atoms with E-state index in [1.54, 1.807) is 4.68 Å². The van der Waals surface area contributed by atoms with Crippen LogP contribution in [0.2, 0.25) is 0 Å². The molecule has 0 saturated carbocycles. The van der Waals surface area contributed by atoms with Gasteiger partial charge in [0.2, 0.25) is 0 Å². The van der Waals surface area contributed by atoms with Crippen LogP contribution in [0.25, 0.3) is 10.9 Å². The summed E-state index contributed by atoms with van der Waals surface area (Å²) < 4.78 is 39.8. The Hall–Kier alpha value is -1.89. The lowest BCUT2D eigenvalue weighted by Crippen LogP contribution is -2.09. The third kappa shape index (κ3) is 2.78. The molecule has 1 aromatic carbocycles. The molecule has 3 rings (SSSR count). The summed E-state index contributed by atoms with van der Waals surface area (Å²) in [5.41, 5.74) is 0.672. The van der Waals surface area contributed by atoms with E-state index in [4.69, 9.17) is 0 Å². The highest BCUT2D eigenvalue weighted by Crippen LogP contribution is 2.28. The molecule has 0 aliphatic rings. The maximum Gasteiger partial charge on any atom is 0.433 e. The van der Waals surface area contributed by atoms with Gasteiger partial charge in [-0.05, 0) is 33.6 Å². The fourth-order valence-electron chi connectivity index (χ4n) is 2.07. The minimum Gasteiger partial charge on any atom is -0.259 e. The first-order valence-corrected chi connectivity index (χ1v) is 6.87. The van der Waals surface area contributed by atoms with Gasteiger partial charge in [0.1, 0.15) is 10.3 Å². The molecule has 21 heavy (non-hydrogen) atoms. The topological polar surface area (TPSA) is 30.7 Å². The van der Waals surface area contributed by atoms with Crippen molar-refractivity contribution in [1.82, 2.24) is 14.8 Å². The molecular weight excluding hydrogens is 347 g/mol. The standard InChI is InChI=1S/C14H9BrF3N3/c15-13-10-3-1-2-4-11(10)21(20-13)8-9-5-6-12(19-7-9)14(16,17)18/h1-7H,8H2. The number of benzene rings is 1. The molecule has 3 aromatic rings. The zero-order chi connectivity index (χ0) is 15.0. The number of halogens is 4. The molecule has 0 radical (unpaired) electrons. The predicted molar refractivity (Wildman–Crippen MR) is 75.8 cm³/mol. The number of fused-ring (bicyclic) bond motifs is 1. The van der Waals surface area contributed by atoms with Gasteiger partial charge in [-0.1, -0.05) is 24.3 Å². The number of nitrogens with zero attached hydrogens (tertiary/aromatic N) is 3. The van der Waals surface area contributed by atoms with E-state index in [1.807, 2.05) is 24.3 Å². The van der Waals surface area contributed by atoms with Crippen molar-refractivity contribution in [3.63, 3.8) is 0 Å². The van der Waals surface area contributed by atoms with Crippen LogP contribution in [0.3, 0.4) is 0 Å². The SMILES string of the molecule is FC(F)(F)c1ccc(Cn2nc(Br)c3ccccc32)cn1. The molecule has 0 amide bonds. The van der Waals surface area contributed by atoms with E-state index in [0.717, 1.165) is 17.0 Å². The summed E-state index contributed by atoms with van der Waals surface area (Å²) in [6.45, 7) is 0.358. The zero-order valence-corrected chi connectivity index (χ0v) is 12.2. The number of para-hydroxylation sites is 1. The molecule has 0 bridgehead atoms. The first-order valence-electron chi connectivity index (χ1n) is 6.08. The molecule has 0 spiro atoms. The van der Waals surface area contributed by atoms with Gasteiger partial charge in [0, 0.05) is 11.6 Å². The summed E-state index contributed by atoms with van der Waals surface area (Å²) in [7, 11) is 0. The summed E-state index contributed by atoms with van der Waals surface area (Å²) in [6, 6.07) is 10.0. The summed E-state index contributed by atoms with van der Waals surface area (Å²) in [5.74, 6) is 0. The number of aromatic nitrogens is 3. The molecule has 0 fully saturated rings. The lowest BCUT2D eigenvalue weighted by molar-refractivity contribution is -0.141. The summed E-state index contributed by atoms with van der Waals surface area (Å²) >= 11 is 3.37. The second-order valence-corrected chi connectivity index (χ2v) is 5.27. The van der Waals surface area contributed by atoms with Crippen LogP contribution in [0.4, 0.5) is 13.2 Å². The quantitative estimate of drug-likeness (QED) is 0.687. The normalized spacial score (nSPS) is 12.0. The number of rotatable bonds is 2. The average Bonchev–Trinajstić information content (AvgIpc) is 2.76. The number of hydrogen-bond donors (Lipinski definition) is 0. The lowest BCUT2D eigenvalue weighted by Gasteiger charge is -2.07. The van der Waals surface area contributed by atoms with Gasteiger partial charge in [0.05, 0.1) is 12.1 Å². The van der Waals surface area contributed by atoms with Crippen LogP contribution in [0.5, 0.6) is 0 Å². The van der Waals surface area contributed by atoms with Crippen molar-refractivity contribution < 1.29 is 13.2 Å². The van der Waals surface area contributed by atoms with Gasteiger partial charge < -0.3 is 0 Å². The average molecular weight is 356 g/mol. The van der Waals surface area contributed by atoms with E-state index in [1.165, 1.54) is 12.3 Å². The summed E-state index contributed by atoms with van der Waals surface area (Å²) in [6.07, 6.45) is -3.19. The Morgan fingerprint density at radius 3 is 2.52 bits per heavy atom. The van der Waals surface area contributed by atoms with Gasteiger partial charge in [-0.2, -0.15) is 18.3 Å². The first-order chi connectivity index (χ1) is 9.95. The van der Waals surface area contributed by atoms with Gasteiger partial charge >= 0.3 is 6.18 Å². The number of pyridine rings is 1. The molecule has 0 atom stereocenters. The molecule has 3 nitrogen and oxygen atoms in total. The van der Waals surface area contributed by atoms with E-state index in [9.17, 15) is 13.2 Å². The Morgan fingerprint density at radius 1 is 1.10 bits per heavy atom. The highest BCUT2D eigenvalue weighted by molar-refractivity contribution is 9.10. The van der Waals surface area contributed by atoms with Crippen molar-refractivity contribution in [2.45, 2.75) is 12.7 Å². The first kappa shape index (κ1) is 14.1. The largest absolute Gasteiger partial charge is 0.433 e. The van der Waals surface area contributed by atoms with Gasteiger partial charge in [0.25, 0.3) is 0 Å². The van der Waals surface area contributed by atoms with Crippen LogP contribution >= 0.6 is 15.9 Å². The van der Waals surface area contributed by atoms with Crippen molar-refractivity contribution in [3.05, 3.63) is 58.5 Å². The van der Waals surface area contributed by atoms with Crippen molar-refractivity contribution in [2.75, 3.05) is 0 Å². The number of hydrogen-bond acceptors (Lipinski definition) is 2. The highest BCUT2D eigenvalue weighted by Gasteiger charge is 2.32. The van der Waals surface area contributed by atoms with E-state index in [-0.39, 0.29) is 0 Å². The molecule has 7 heteroatoms. The maximum absolute atomic E-state index is 12.5. The molecule has 0 aliphatic heterocycles. The van der Waals surface area contributed by atoms with Gasteiger partial charge in [-0.25, -0.2) is 0 Å². The van der Waals surface area contributed by atoms with Crippen molar-refractivity contribution in [2.24, 2.45) is 0 Å². The fourth-order valence-corrected chi connectivity index (χ4v) is 2.59. The smallest absolute Gasteiger partial charge is 0.259 e. The van der Waals surface area contributed by atoms with Crippen LogP contribution in [-0.4, -0.2) is 14.8 Å². The molecule has 0 saturated heterocycles. The Kier molecular flexibility index (Phi) is 3.44. The summed E-state index contributed by atoms with van der Waals surface area (Å²) in [5, 5.41) is 5.30. The van der Waals surface area contributed by atoms with E-state index < -0.39 is 11.9 Å². The van der Waals surface area contributed by atoms with Gasteiger partial charge in [-0.3, -0.25) is 9.67 Å². The van der Waals surface area contributed by atoms with Crippen LogP contribution in [0, 0.1) is 0 Å². The van der Waals surface area contributed by atoms with Crippen LogP contribution < -0.4 is 0 Å². The zero-order valence-electron chi connectivity index (χ0n) is 10.6. The molecule has 0 N–H and O–H groups in total.